The molecule has 2 nitrogen and oxygen atoms in total. The molecular weight excluding hydrogens is 345 g/mol. The second-order valence-corrected chi connectivity index (χ2v) is 8.86. The predicted octanol–water partition coefficient (Wildman–Crippen LogP) is 6.27. The number of hydrogen-bond acceptors (Lipinski definition) is 3. The number of benzene rings is 1. The number of Topliss-reactive ketones (excluding diaryl/α,β-unsaturated/α-hetero) is 1. The molecule has 0 saturated carbocycles. The number of aryl methyl sites for hydroxylation is 1. The molecule has 0 amide bonds. The van der Waals surface area contributed by atoms with Crippen LogP contribution in [0.4, 0.5) is 4.39 Å². The van der Waals surface area contributed by atoms with E-state index in [2.05, 4.69) is 18.7 Å². The monoisotopic (exact) mass is 375 g/mol. The molecule has 0 radical (unpaired) electrons. The summed E-state index contributed by atoms with van der Waals surface area (Å²) in [4.78, 5) is 15.7. The van der Waals surface area contributed by atoms with Crippen molar-refractivity contribution in [2.75, 3.05) is 13.1 Å². The number of carbonyl (C=O) groups is 1. The van der Waals surface area contributed by atoms with Crippen molar-refractivity contribution in [2.45, 2.75) is 65.3 Å². The number of nitrogens with zero attached hydrogens (tertiary/aromatic N) is 1. The van der Waals surface area contributed by atoms with Crippen LogP contribution in [-0.2, 0) is 4.79 Å². The van der Waals surface area contributed by atoms with E-state index in [4.69, 9.17) is 0 Å². The van der Waals surface area contributed by atoms with E-state index >= 15 is 0 Å². The minimum atomic E-state index is -0.190. The molecule has 1 fully saturated rings. The van der Waals surface area contributed by atoms with Crippen molar-refractivity contribution >= 4 is 27.2 Å². The summed E-state index contributed by atoms with van der Waals surface area (Å²) in [7, 11) is 0. The first-order valence-corrected chi connectivity index (χ1v) is 10.7. The molecule has 142 valence electrons. The largest absolute Gasteiger partial charge is 0.300 e. The van der Waals surface area contributed by atoms with Gasteiger partial charge in [0.1, 0.15) is 11.6 Å². The fourth-order valence-electron chi connectivity index (χ4n) is 4.24. The minimum absolute atomic E-state index is 0.139. The van der Waals surface area contributed by atoms with Crippen LogP contribution in [0.15, 0.2) is 18.2 Å². The quantitative estimate of drug-likeness (QED) is 0.568. The third-order valence-corrected chi connectivity index (χ3v) is 7.15. The highest BCUT2D eigenvalue weighted by atomic mass is 32.1. The molecule has 1 aromatic carbocycles. The number of halogens is 1. The van der Waals surface area contributed by atoms with Gasteiger partial charge in [0.25, 0.3) is 0 Å². The maximum atomic E-state index is 13.7. The van der Waals surface area contributed by atoms with Crippen molar-refractivity contribution in [2.24, 2.45) is 5.92 Å². The van der Waals surface area contributed by atoms with Crippen LogP contribution in [0.1, 0.15) is 68.9 Å². The first kappa shape index (κ1) is 19.5. The standard InChI is InChI=1S/C22H30FNOS/c1-4-5-6-17-9-11-24(12-10-17)20(13-15(2)25)22-16(3)19-14-18(23)7-8-21(19)26-22/h7-8,14,17,20H,4-6,9-13H2,1-3H3. The lowest BCUT2D eigenvalue weighted by atomic mass is 9.90. The topological polar surface area (TPSA) is 20.3 Å². The van der Waals surface area contributed by atoms with Crippen LogP contribution in [0.2, 0.25) is 0 Å². The number of unbranched alkanes of at least 4 members (excludes halogenated alkanes) is 1. The van der Waals surface area contributed by atoms with Crippen LogP contribution >= 0.6 is 11.3 Å². The molecule has 1 aliphatic rings. The number of rotatable bonds is 7. The van der Waals surface area contributed by atoms with E-state index in [0.717, 1.165) is 34.7 Å². The Morgan fingerprint density at radius 2 is 2.08 bits per heavy atom. The molecule has 0 spiro atoms. The smallest absolute Gasteiger partial charge is 0.131 e. The Hall–Kier alpha value is -1.26. The van der Waals surface area contributed by atoms with Crippen LogP contribution in [0, 0.1) is 18.7 Å². The Labute approximate surface area is 160 Å². The summed E-state index contributed by atoms with van der Waals surface area (Å²) in [6, 6.07) is 5.17. The summed E-state index contributed by atoms with van der Waals surface area (Å²) in [5, 5.41) is 0.997. The van der Waals surface area contributed by atoms with Crippen molar-refractivity contribution in [1.82, 2.24) is 4.90 Å². The number of carbonyl (C=O) groups excluding carboxylic acids is 1. The zero-order valence-corrected chi connectivity index (χ0v) is 17.0. The molecule has 0 N–H and O–H groups in total. The molecule has 2 heterocycles. The molecule has 1 aromatic heterocycles. The van der Waals surface area contributed by atoms with Gasteiger partial charge in [0, 0.05) is 16.0 Å². The summed E-state index contributed by atoms with van der Waals surface area (Å²) in [5.41, 5.74) is 1.14. The zero-order valence-electron chi connectivity index (χ0n) is 16.2. The van der Waals surface area contributed by atoms with Gasteiger partial charge in [-0.1, -0.05) is 26.2 Å². The predicted molar refractivity (Wildman–Crippen MR) is 108 cm³/mol. The average Bonchev–Trinajstić information content (AvgIpc) is 2.94. The summed E-state index contributed by atoms with van der Waals surface area (Å²) in [5.74, 6) is 0.873. The molecule has 1 saturated heterocycles. The average molecular weight is 376 g/mol. The van der Waals surface area contributed by atoms with Crippen molar-refractivity contribution in [3.63, 3.8) is 0 Å². The lowest BCUT2D eigenvalue weighted by Gasteiger charge is -2.37. The molecule has 3 rings (SSSR count). The highest BCUT2D eigenvalue weighted by Gasteiger charge is 2.29. The third kappa shape index (κ3) is 4.34. The molecule has 1 unspecified atom stereocenters. The van der Waals surface area contributed by atoms with E-state index in [1.165, 1.54) is 43.0 Å². The summed E-state index contributed by atoms with van der Waals surface area (Å²) in [6.07, 6.45) is 6.94. The van der Waals surface area contributed by atoms with Gasteiger partial charge < -0.3 is 0 Å². The normalized spacial score (nSPS) is 17.7. The van der Waals surface area contributed by atoms with Crippen molar-refractivity contribution in [3.8, 4) is 0 Å². The Bertz CT molecular complexity index is 761. The van der Waals surface area contributed by atoms with E-state index in [1.54, 1.807) is 24.3 Å². The fraction of sp³-hybridized carbons (Fsp3) is 0.591. The van der Waals surface area contributed by atoms with Crippen LogP contribution in [0.5, 0.6) is 0 Å². The van der Waals surface area contributed by atoms with Crippen LogP contribution in [0.25, 0.3) is 10.1 Å². The van der Waals surface area contributed by atoms with Gasteiger partial charge in [0.2, 0.25) is 0 Å². The van der Waals surface area contributed by atoms with Gasteiger partial charge in [0.15, 0.2) is 0 Å². The second-order valence-electron chi connectivity index (χ2n) is 7.78. The number of fused-ring (bicyclic) bond motifs is 1. The van der Waals surface area contributed by atoms with E-state index in [0.29, 0.717) is 6.42 Å². The van der Waals surface area contributed by atoms with E-state index < -0.39 is 0 Å². The summed E-state index contributed by atoms with van der Waals surface area (Å²) in [6.45, 7) is 8.14. The molecule has 4 heteroatoms. The number of likely N-dealkylation sites (tertiary alicyclic amines) is 1. The lowest BCUT2D eigenvalue weighted by Crippen LogP contribution is -2.37. The second kappa shape index (κ2) is 8.62. The summed E-state index contributed by atoms with van der Waals surface area (Å²) >= 11 is 1.73. The van der Waals surface area contributed by atoms with Gasteiger partial charge in [-0.3, -0.25) is 9.69 Å². The van der Waals surface area contributed by atoms with Crippen molar-refractivity contribution < 1.29 is 9.18 Å². The highest BCUT2D eigenvalue weighted by Crippen LogP contribution is 2.40. The first-order chi connectivity index (χ1) is 12.5. The first-order valence-electron chi connectivity index (χ1n) is 9.91. The molecule has 26 heavy (non-hydrogen) atoms. The molecular formula is C22H30FNOS. The zero-order chi connectivity index (χ0) is 18.7. The number of hydrogen-bond donors (Lipinski definition) is 0. The molecule has 0 bridgehead atoms. The van der Waals surface area contributed by atoms with Gasteiger partial charge >= 0.3 is 0 Å². The number of ketones is 1. The van der Waals surface area contributed by atoms with E-state index in [1.807, 2.05) is 6.07 Å². The van der Waals surface area contributed by atoms with Crippen molar-refractivity contribution in [3.05, 3.63) is 34.5 Å². The third-order valence-electron chi connectivity index (χ3n) is 5.77. The molecule has 0 aliphatic carbocycles. The van der Waals surface area contributed by atoms with Crippen LogP contribution < -0.4 is 0 Å². The Kier molecular flexibility index (Phi) is 6.46. The Morgan fingerprint density at radius 3 is 2.73 bits per heavy atom. The number of piperidine rings is 1. The van der Waals surface area contributed by atoms with Gasteiger partial charge in [-0.15, -0.1) is 11.3 Å². The maximum absolute atomic E-state index is 13.7. The van der Waals surface area contributed by atoms with Crippen molar-refractivity contribution in [1.29, 1.82) is 0 Å². The Balaban J connectivity index is 1.83. The molecule has 1 aliphatic heterocycles. The minimum Gasteiger partial charge on any atom is -0.300 e. The fourth-order valence-corrected chi connectivity index (χ4v) is 5.56. The van der Waals surface area contributed by atoms with Gasteiger partial charge in [-0.2, -0.15) is 0 Å². The van der Waals surface area contributed by atoms with Crippen LogP contribution in [0.3, 0.4) is 0 Å². The van der Waals surface area contributed by atoms with Gasteiger partial charge in [-0.05, 0) is 74.8 Å². The highest BCUT2D eigenvalue weighted by molar-refractivity contribution is 7.19. The maximum Gasteiger partial charge on any atom is 0.131 e. The number of thiophene rings is 1. The Morgan fingerprint density at radius 1 is 1.35 bits per heavy atom. The van der Waals surface area contributed by atoms with Crippen LogP contribution in [-0.4, -0.2) is 23.8 Å². The van der Waals surface area contributed by atoms with Gasteiger partial charge in [-0.25, -0.2) is 4.39 Å². The lowest BCUT2D eigenvalue weighted by molar-refractivity contribution is -0.118. The van der Waals surface area contributed by atoms with Gasteiger partial charge in [0.05, 0.1) is 6.04 Å². The SMILES string of the molecule is CCCCC1CCN(C(CC(C)=O)c2sc3ccc(F)cc3c2C)CC1. The van der Waals surface area contributed by atoms with E-state index in [9.17, 15) is 9.18 Å². The van der Waals surface area contributed by atoms with E-state index in [-0.39, 0.29) is 17.6 Å². The summed E-state index contributed by atoms with van der Waals surface area (Å²) < 4.78 is 14.8. The molecule has 1 atom stereocenters. The molecule has 2 aromatic rings.